The van der Waals surface area contributed by atoms with Crippen LogP contribution in [0.2, 0.25) is 0 Å². The highest BCUT2D eigenvalue weighted by atomic mass is 19.4. The van der Waals surface area contributed by atoms with Gasteiger partial charge in [0.1, 0.15) is 17.2 Å². The normalized spacial score (nSPS) is 12.6. The number of carbonyl (C=O) groups excluding carboxylic acids is 2. The highest BCUT2D eigenvalue weighted by Crippen LogP contribution is 2.36. The lowest BCUT2D eigenvalue weighted by atomic mass is 10.00. The Labute approximate surface area is 265 Å². The zero-order valence-electron chi connectivity index (χ0n) is 25.2. The smallest absolute Gasteiger partial charge is 0.416 e. The average molecular weight is 660 g/mol. The van der Waals surface area contributed by atoms with Crippen LogP contribution in [0.15, 0.2) is 102 Å². The number of hydrogen-bond donors (Lipinski definition) is 0. The van der Waals surface area contributed by atoms with Crippen LogP contribution in [0, 0.1) is 5.82 Å². The number of alkyl halides is 6. The number of nitrogens with zero attached hydrogens (tertiary/aromatic N) is 1. The van der Waals surface area contributed by atoms with Crippen molar-refractivity contribution in [3.05, 3.63) is 136 Å². The van der Waals surface area contributed by atoms with E-state index in [2.05, 4.69) is 0 Å². The molecule has 47 heavy (non-hydrogen) atoms. The molecule has 0 saturated carbocycles. The Hall–Kier alpha value is -5.00. The summed E-state index contributed by atoms with van der Waals surface area (Å²) in [5.74, 6) is -3.58. The van der Waals surface area contributed by atoms with Gasteiger partial charge in [-0.2, -0.15) is 26.3 Å². The average Bonchev–Trinajstić information content (AvgIpc) is 2.99. The molecule has 0 aliphatic rings. The molecule has 5 nitrogen and oxygen atoms in total. The van der Waals surface area contributed by atoms with E-state index in [-0.39, 0.29) is 23.8 Å². The van der Waals surface area contributed by atoms with Crippen LogP contribution in [0.25, 0.3) is 0 Å². The summed E-state index contributed by atoms with van der Waals surface area (Å²) in [4.78, 5) is 30.9. The second-order valence-corrected chi connectivity index (χ2v) is 11.4. The second-order valence-electron chi connectivity index (χ2n) is 11.4. The Morgan fingerprint density at radius 1 is 0.702 bits per heavy atom. The van der Waals surface area contributed by atoms with Crippen molar-refractivity contribution in [3.8, 4) is 5.75 Å². The maximum atomic E-state index is 15.2. The number of aliphatic imine (C=N–C) groups is 1. The van der Waals surface area contributed by atoms with Crippen molar-refractivity contribution < 1.29 is 49.8 Å². The molecule has 0 fully saturated rings. The lowest BCUT2D eigenvalue weighted by Crippen LogP contribution is -2.33. The predicted molar refractivity (Wildman–Crippen MR) is 160 cm³/mol. The van der Waals surface area contributed by atoms with E-state index < -0.39 is 70.6 Å². The summed E-state index contributed by atoms with van der Waals surface area (Å²) in [6, 6.07) is 19.7. The van der Waals surface area contributed by atoms with Gasteiger partial charge in [0, 0.05) is 17.5 Å². The molecule has 0 spiro atoms. The minimum Gasteiger partial charge on any atom is -0.458 e. The van der Waals surface area contributed by atoms with Crippen LogP contribution in [0.4, 0.5) is 30.7 Å². The standard InChI is InChI=1S/C35H28F7NO4/c1-33(2,3)47-32(45)29(43-30(21-10-6-4-7-11-21)22-12-8-5-9-13-22)19-23-18-27(14-15-28(23)36)46-31(44)24-16-25(34(37,38)39)20-26(17-24)35(40,41)42/h4-18,20,29H,19H2,1-3H3. The number of ether oxygens (including phenoxy) is 2. The Morgan fingerprint density at radius 2 is 1.21 bits per heavy atom. The van der Waals surface area contributed by atoms with E-state index >= 15 is 4.39 Å². The summed E-state index contributed by atoms with van der Waals surface area (Å²) in [6.07, 6.45) is -10.8. The lowest BCUT2D eigenvalue weighted by Gasteiger charge is -2.23. The van der Waals surface area contributed by atoms with Gasteiger partial charge in [0.2, 0.25) is 0 Å². The van der Waals surface area contributed by atoms with Crippen molar-refractivity contribution in [1.82, 2.24) is 0 Å². The van der Waals surface area contributed by atoms with Gasteiger partial charge in [0.05, 0.1) is 22.4 Å². The zero-order valence-corrected chi connectivity index (χ0v) is 25.2. The molecule has 0 amide bonds. The molecular weight excluding hydrogens is 631 g/mol. The van der Waals surface area contributed by atoms with Crippen molar-refractivity contribution in [2.24, 2.45) is 4.99 Å². The van der Waals surface area contributed by atoms with Crippen molar-refractivity contribution in [2.45, 2.75) is 51.2 Å². The van der Waals surface area contributed by atoms with Gasteiger partial charge >= 0.3 is 24.3 Å². The maximum Gasteiger partial charge on any atom is 0.416 e. The first kappa shape index (κ1) is 34.9. The topological polar surface area (TPSA) is 65.0 Å². The highest BCUT2D eigenvalue weighted by molar-refractivity contribution is 6.13. The number of benzene rings is 4. The first-order chi connectivity index (χ1) is 21.9. The van der Waals surface area contributed by atoms with Crippen LogP contribution in [0.3, 0.4) is 0 Å². The van der Waals surface area contributed by atoms with Gasteiger partial charge in [0.15, 0.2) is 6.04 Å². The van der Waals surface area contributed by atoms with Crippen LogP contribution in [-0.2, 0) is 28.3 Å². The number of carbonyl (C=O) groups is 2. The monoisotopic (exact) mass is 659 g/mol. The minimum atomic E-state index is -5.19. The van der Waals surface area contributed by atoms with Gasteiger partial charge < -0.3 is 9.47 Å². The van der Waals surface area contributed by atoms with Gasteiger partial charge in [0.25, 0.3) is 0 Å². The number of hydrogen-bond acceptors (Lipinski definition) is 5. The molecule has 4 rings (SSSR count). The zero-order chi connectivity index (χ0) is 34.6. The van der Waals surface area contributed by atoms with Gasteiger partial charge in [-0.05, 0) is 62.7 Å². The molecule has 1 atom stereocenters. The quantitative estimate of drug-likeness (QED) is 0.0821. The Kier molecular flexibility index (Phi) is 10.2. The first-order valence-corrected chi connectivity index (χ1v) is 14.1. The molecule has 12 heteroatoms. The van der Waals surface area contributed by atoms with Crippen LogP contribution in [-0.4, -0.2) is 29.3 Å². The molecule has 246 valence electrons. The van der Waals surface area contributed by atoms with E-state index in [4.69, 9.17) is 14.5 Å². The fourth-order valence-electron chi connectivity index (χ4n) is 4.43. The molecule has 1 unspecified atom stereocenters. The third-order valence-corrected chi connectivity index (χ3v) is 6.52. The van der Waals surface area contributed by atoms with E-state index in [0.717, 1.165) is 18.2 Å². The van der Waals surface area contributed by atoms with Crippen LogP contribution in [0.1, 0.15) is 58.9 Å². The number of esters is 2. The fraction of sp³-hybridized carbons (Fsp3) is 0.229. The molecule has 0 N–H and O–H groups in total. The van der Waals surface area contributed by atoms with E-state index in [0.29, 0.717) is 16.8 Å². The molecule has 0 heterocycles. The molecular formula is C35H28F7NO4. The summed E-state index contributed by atoms with van der Waals surface area (Å²) in [5, 5.41) is 0. The van der Waals surface area contributed by atoms with Crippen LogP contribution < -0.4 is 4.74 Å². The summed E-state index contributed by atoms with van der Waals surface area (Å²) < 4.78 is 106. The van der Waals surface area contributed by atoms with Crippen molar-refractivity contribution in [3.63, 3.8) is 0 Å². The molecule has 0 bridgehead atoms. The third kappa shape index (κ3) is 9.50. The number of rotatable bonds is 8. The number of halogens is 7. The lowest BCUT2D eigenvalue weighted by molar-refractivity contribution is -0.156. The van der Waals surface area contributed by atoms with Gasteiger partial charge in [-0.1, -0.05) is 60.7 Å². The van der Waals surface area contributed by atoms with Gasteiger partial charge in [-0.3, -0.25) is 4.99 Å². The Bertz CT molecular complexity index is 1690. The molecule has 4 aromatic rings. The summed E-state index contributed by atoms with van der Waals surface area (Å²) in [5.41, 5.74) is -3.87. The van der Waals surface area contributed by atoms with Gasteiger partial charge in [-0.15, -0.1) is 0 Å². The highest BCUT2D eigenvalue weighted by Gasteiger charge is 2.38. The summed E-state index contributed by atoms with van der Waals surface area (Å²) in [7, 11) is 0. The Balaban J connectivity index is 1.72. The largest absolute Gasteiger partial charge is 0.458 e. The second kappa shape index (κ2) is 13.8. The molecule has 4 aromatic carbocycles. The SMILES string of the molecule is CC(C)(C)OC(=O)C(Cc1cc(OC(=O)c2cc(C(F)(F)F)cc(C(F)(F)F)c2)ccc1F)N=C(c1ccccc1)c1ccccc1. The minimum absolute atomic E-state index is 0.122. The van der Waals surface area contributed by atoms with E-state index in [9.17, 15) is 35.9 Å². The van der Waals surface area contributed by atoms with Crippen molar-refractivity contribution in [1.29, 1.82) is 0 Å². The Morgan fingerprint density at radius 3 is 1.68 bits per heavy atom. The summed E-state index contributed by atoms with van der Waals surface area (Å²) in [6.45, 7) is 4.92. The van der Waals surface area contributed by atoms with E-state index in [1.165, 1.54) is 0 Å². The van der Waals surface area contributed by atoms with Crippen LogP contribution >= 0.6 is 0 Å². The molecule has 0 radical (unpaired) electrons. The molecule has 0 saturated heterocycles. The van der Waals surface area contributed by atoms with Gasteiger partial charge in [-0.25, -0.2) is 14.0 Å². The van der Waals surface area contributed by atoms with E-state index in [1.807, 2.05) is 0 Å². The van der Waals surface area contributed by atoms with E-state index in [1.54, 1.807) is 81.4 Å². The first-order valence-electron chi connectivity index (χ1n) is 14.1. The maximum absolute atomic E-state index is 15.2. The summed E-state index contributed by atoms with van der Waals surface area (Å²) >= 11 is 0. The molecule has 0 aliphatic heterocycles. The molecule has 0 aliphatic carbocycles. The fourth-order valence-corrected chi connectivity index (χ4v) is 4.43. The molecule has 0 aromatic heterocycles. The third-order valence-electron chi connectivity index (χ3n) is 6.52. The van der Waals surface area contributed by atoms with Crippen LogP contribution in [0.5, 0.6) is 5.75 Å². The van der Waals surface area contributed by atoms with Crippen molar-refractivity contribution in [2.75, 3.05) is 0 Å². The van der Waals surface area contributed by atoms with Crippen molar-refractivity contribution >= 4 is 17.7 Å². The predicted octanol–water partition coefficient (Wildman–Crippen LogP) is 8.87.